The summed E-state index contributed by atoms with van der Waals surface area (Å²) < 4.78 is 35.1. The van der Waals surface area contributed by atoms with Crippen LogP contribution in [0.4, 0.5) is 0 Å². The fraction of sp³-hybridized carbons (Fsp3) is 0.222. The van der Waals surface area contributed by atoms with Crippen molar-refractivity contribution in [1.82, 2.24) is 0 Å². The van der Waals surface area contributed by atoms with Crippen molar-refractivity contribution >= 4 is 22.7 Å². The summed E-state index contributed by atoms with van der Waals surface area (Å²) in [5, 5.41) is 1.57. The Labute approximate surface area is 257 Å². The van der Waals surface area contributed by atoms with Crippen LogP contribution in [0.25, 0.3) is 10.8 Å². The molecule has 4 aromatic rings. The molecule has 8 nitrogen and oxygen atoms in total. The Morgan fingerprint density at radius 1 is 0.523 bits per heavy atom. The predicted molar refractivity (Wildman–Crippen MR) is 168 cm³/mol. The third kappa shape index (κ3) is 9.39. The Morgan fingerprint density at radius 3 is 1.25 bits per heavy atom. The van der Waals surface area contributed by atoms with Crippen molar-refractivity contribution in [2.24, 2.45) is 0 Å². The maximum absolute atomic E-state index is 12.3. The van der Waals surface area contributed by atoms with Gasteiger partial charge in [-0.25, -0.2) is 9.59 Å². The third-order valence-corrected chi connectivity index (χ3v) is 6.29. The van der Waals surface area contributed by atoms with Crippen LogP contribution in [-0.4, -0.2) is 50.6 Å². The molecule has 0 bridgehead atoms. The summed E-state index contributed by atoms with van der Waals surface area (Å²) in [4.78, 5) is 24.6. The standard InChI is InChI=1S/C36H36O8/c1-25(2)35(37)43-29(21-39-27-13-7-5-8-14-27)23-41-33-19-11-18-32-31(33)17-12-20-34(32)42-24-30(44-36(38)26(3)4)22-40-28-15-9-6-10-16-28/h5-20,29-30H,1,3,21-24H2,2,4H3. The van der Waals surface area contributed by atoms with Gasteiger partial charge in [-0.3, -0.25) is 0 Å². The summed E-state index contributed by atoms with van der Waals surface area (Å²) in [7, 11) is 0. The summed E-state index contributed by atoms with van der Waals surface area (Å²) >= 11 is 0. The second-order valence-electron chi connectivity index (χ2n) is 10.1. The molecule has 0 fully saturated rings. The van der Waals surface area contributed by atoms with Crippen LogP contribution in [0.15, 0.2) is 121 Å². The zero-order valence-corrected chi connectivity index (χ0v) is 24.9. The molecule has 0 heterocycles. The Balaban J connectivity index is 1.46. The number of benzene rings is 4. The normalized spacial score (nSPS) is 12.0. The molecule has 0 N–H and O–H groups in total. The first-order chi connectivity index (χ1) is 21.3. The minimum absolute atomic E-state index is 0.0474. The smallest absolute Gasteiger partial charge is 0.333 e. The van der Waals surface area contributed by atoms with Gasteiger partial charge in [0.15, 0.2) is 12.2 Å². The summed E-state index contributed by atoms with van der Waals surface area (Å²) in [6.07, 6.45) is -1.38. The molecule has 0 aliphatic heterocycles. The number of esters is 2. The van der Waals surface area contributed by atoms with Crippen molar-refractivity contribution in [3.05, 3.63) is 121 Å². The zero-order chi connectivity index (χ0) is 31.3. The maximum atomic E-state index is 12.3. The monoisotopic (exact) mass is 596 g/mol. The van der Waals surface area contributed by atoms with Crippen LogP contribution in [-0.2, 0) is 19.1 Å². The average Bonchev–Trinajstić information content (AvgIpc) is 3.04. The molecule has 0 aliphatic carbocycles. The lowest BCUT2D eigenvalue weighted by atomic mass is 10.1. The van der Waals surface area contributed by atoms with Crippen LogP contribution in [0.1, 0.15) is 13.8 Å². The second kappa shape index (κ2) is 15.8. The lowest BCUT2D eigenvalue weighted by Crippen LogP contribution is -2.31. The molecule has 0 radical (unpaired) electrons. The summed E-state index contributed by atoms with van der Waals surface area (Å²) in [5.74, 6) is 1.39. The molecule has 4 aromatic carbocycles. The Kier molecular flexibility index (Phi) is 11.4. The molecular weight excluding hydrogens is 560 g/mol. The lowest BCUT2D eigenvalue weighted by Gasteiger charge is -2.21. The van der Waals surface area contributed by atoms with Crippen LogP contribution in [0.2, 0.25) is 0 Å². The van der Waals surface area contributed by atoms with Gasteiger partial charge >= 0.3 is 11.9 Å². The number of carbonyl (C=O) groups is 2. The van der Waals surface area contributed by atoms with E-state index in [1.807, 2.05) is 97.1 Å². The molecule has 2 atom stereocenters. The van der Waals surface area contributed by atoms with Gasteiger partial charge in [0.05, 0.1) is 0 Å². The van der Waals surface area contributed by atoms with Crippen molar-refractivity contribution in [1.29, 1.82) is 0 Å². The number of rotatable bonds is 16. The quantitative estimate of drug-likeness (QED) is 0.104. The van der Waals surface area contributed by atoms with E-state index in [4.69, 9.17) is 28.4 Å². The average molecular weight is 597 g/mol. The van der Waals surface area contributed by atoms with E-state index in [2.05, 4.69) is 13.2 Å². The first-order valence-electron chi connectivity index (χ1n) is 14.2. The summed E-state index contributed by atoms with van der Waals surface area (Å²) in [6, 6.07) is 29.7. The molecule has 2 unspecified atom stereocenters. The van der Waals surface area contributed by atoms with Gasteiger partial charge in [0.2, 0.25) is 0 Å². The Morgan fingerprint density at radius 2 is 0.886 bits per heavy atom. The van der Waals surface area contributed by atoms with E-state index < -0.39 is 24.1 Å². The van der Waals surface area contributed by atoms with E-state index in [1.165, 1.54) is 0 Å². The van der Waals surface area contributed by atoms with Crippen LogP contribution in [0, 0.1) is 0 Å². The predicted octanol–water partition coefficient (Wildman–Crippen LogP) is 6.73. The molecule has 0 amide bonds. The number of hydrogen-bond acceptors (Lipinski definition) is 8. The van der Waals surface area contributed by atoms with Gasteiger partial charge in [-0.2, -0.15) is 0 Å². The fourth-order valence-electron chi connectivity index (χ4n) is 4.02. The van der Waals surface area contributed by atoms with Gasteiger partial charge in [0.25, 0.3) is 0 Å². The molecular formula is C36H36O8. The van der Waals surface area contributed by atoms with Gasteiger partial charge in [-0.1, -0.05) is 73.8 Å². The molecule has 0 aromatic heterocycles. The van der Waals surface area contributed by atoms with Crippen molar-refractivity contribution in [3.63, 3.8) is 0 Å². The topological polar surface area (TPSA) is 89.5 Å². The van der Waals surface area contributed by atoms with Crippen LogP contribution < -0.4 is 18.9 Å². The van der Waals surface area contributed by atoms with E-state index in [-0.39, 0.29) is 37.6 Å². The highest BCUT2D eigenvalue weighted by Crippen LogP contribution is 2.32. The Bertz CT molecular complexity index is 1450. The molecule has 0 saturated heterocycles. The molecule has 0 spiro atoms. The molecule has 228 valence electrons. The number of carbonyl (C=O) groups excluding carboxylic acids is 2. The molecule has 44 heavy (non-hydrogen) atoms. The van der Waals surface area contributed by atoms with E-state index in [1.54, 1.807) is 13.8 Å². The first kappa shape index (κ1) is 31.7. The van der Waals surface area contributed by atoms with Crippen LogP contribution in [0.3, 0.4) is 0 Å². The minimum atomic E-state index is -0.692. The van der Waals surface area contributed by atoms with Gasteiger partial charge in [0.1, 0.15) is 49.4 Å². The minimum Gasteiger partial charge on any atom is -0.490 e. The molecule has 0 aliphatic rings. The lowest BCUT2D eigenvalue weighted by molar-refractivity contribution is -0.148. The van der Waals surface area contributed by atoms with E-state index in [9.17, 15) is 9.59 Å². The summed E-state index contributed by atoms with van der Waals surface area (Å²) in [6.45, 7) is 10.8. The molecule has 0 saturated carbocycles. The number of ether oxygens (including phenoxy) is 6. The highest BCUT2D eigenvalue weighted by atomic mass is 16.6. The van der Waals surface area contributed by atoms with Crippen LogP contribution >= 0.6 is 0 Å². The maximum Gasteiger partial charge on any atom is 0.333 e. The number of hydrogen-bond donors (Lipinski definition) is 0. The van der Waals surface area contributed by atoms with Gasteiger partial charge in [0, 0.05) is 21.9 Å². The fourth-order valence-corrected chi connectivity index (χ4v) is 4.02. The van der Waals surface area contributed by atoms with E-state index in [0.29, 0.717) is 23.0 Å². The van der Waals surface area contributed by atoms with E-state index in [0.717, 1.165) is 10.8 Å². The highest BCUT2D eigenvalue weighted by molar-refractivity contribution is 5.93. The van der Waals surface area contributed by atoms with Crippen molar-refractivity contribution in [2.75, 3.05) is 26.4 Å². The largest absolute Gasteiger partial charge is 0.490 e. The van der Waals surface area contributed by atoms with Gasteiger partial charge < -0.3 is 28.4 Å². The SMILES string of the molecule is C=C(C)C(=O)OC(COc1ccccc1)COc1cccc2c(OCC(COc3ccccc3)OC(=O)C(=C)C)cccc12. The molecule has 4 rings (SSSR count). The van der Waals surface area contributed by atoms with Gasteiger partial charge in [-0.05, 0) is 50.2 Å². The van der Waals surface area contributed by atoms with E-state index >= 15 is 0 Å². The van der Waals surface area contributed by atoms with Gasteiger partial charge in [-0.15, -0.1) is 0 Å². The second-order valence-corrected chi connectivity index (χ2v) is 10.1. The first-order valence-corrected chi connectivity index (χ1v) is 14.2. The number of para-hydroxylation sites is 2. The van der Waals surface area contributed by atoms with Crippen LogP contribution in [0.5, 0.6) is 23.0 Å². The summed E-state index contributed by atoms with van der Waals surface area (Å²) in [5.41, 5.74) is 0.561. The third-order valence-electron chi connectivity index (χ3n) is 6.29. The Hall–Kier alpha value is -5.24. The highest BCUT2D eigenvalue weighted by Gasteiger charge is 2.20. The number of fused-ring (bicyclic) bond motifs is 1. The van der Waals surface area contributed by atoms with Crippen molar-refractivity contribution < 1.29 is 38.0 Å². The molecule has 8 heteroatoms. The van der Waals surface area contributed by atoms with Crippen molar-refractivity contribution in [3.8, 4) is 23.0 Å². The zero-order valence-electron chi connectivity index (χ0n) is 24.9. The van der Waals surface area contributed by atoms with Crippen molar-refractivity contribution in [2.45, 2.75) is 26.1 Å².